The highest BCUT2D eigenvalue weighted by Crippen LogP contribution is 2.39. The molecule has 1 aliphatic rings. The Labute approximate surface area is 278 Å². The van der Waals surface area contributed by atoms with Crippen molar-refractivity contribution < 1.29 is 35.1 Å². The molecule has 254 valence electrons. The number of nitrogens with two attached hydrogens (primary N) is 1. The van der Waals surface area contributed by atoms with E-state index in [1.807, 2.05) is 49.4 Å². The highest BCUT2D eigenvalue weighted by Gasteiger charge is 2.47. The third-order valence-corrected chi connectivity index (χ3v) is 8.05. The van der Waals surface area contributed by atoms with Crippen LogP contribution < -0.4 is 10.6 Å². The van der Waals surface area contributed by atoms with Crippen molar-refractivity contribution in [3.63, 3.8) is 0 Å². The average molecular weight is 671 g/mol. The third-order valence-electron chi connectivity index (χ3n) is 8.05. The van der Waals surface area contributed by atoms with Gasteiger partial charge in [-0.15, -0.1) is 10.2 Å². The summed E-state index contributed by atoms with van der Waals surface area (Å²) in [7, 11) is 0. The average Bonchev–Trinajstić information content (AvgIpc) is 3.84. The zero-order valence-corrected chi connectivity index (χ0v) is 26.2. The van der Waals surface area contributed by atoms with Crippen LogP contribution in [0.2, 0.25) is 0 Å². The number of nitrogen functional groups attached to an aromatic ring is 1. The fraction of sp³-hybridized carbons (Fsp3) is 0.281. The zero-order valence-electron chi connectivity index (χ0n) is 26.2. The molecule has 1 fully saturated rings. The minimum absolute atomic E-state index is 0.0660. The maximum Gasteiger partial charge on any atom is 0.339 e. The van der Waals surface area contributed by atoms with Crippen LogP contribution in [0, 0.1) is 0 Å². The van der Waals surface area contributed by atoms with Gasteiger partial charge >= 0.3 is 5.97 Å². The number of imidazole rings is 1. The van der Waals surface area contributed by atoms with Crippen LogP contribution in [0.5, 0.6) is 5.75 Å². The Morgan fingerprint density at radius 2 is 1.78 bits per heavy atom. The van der Waals surface area contributed by atoms with E-state index in [4.69, 9.17) is 15.6 Å². The Morgan fingerprint density at radius 3 is 2.49 bits per heavy atom. The van der Waals surface area contributed by atoms with Crippen LogP contribution in [0.4, 0.5) is 11.8 Å². The van der Waals surface area contributed by atoms with Crippen LogP contribution in [-0.2, 0) is 17.7 Å². The zero-order chi connectivity index (χ0) is 34.7. The number of hydrogen-bond acceptors (Lipinski definition) is 14. The molecule has 17 heteroatoms. The van der Waals surface area contributed by atoms with E-state index in [1.54, 1.807) is 23.1 Å². The second-order valence-corrected chi connectivity index (χ2v) is 11.1. The van der Waals surface area contributed by atoms with E-state index < -0.39 is 30.5 Å². The summed E-state index contributed by atoms with van der Waals surface area (Å²) in [5.41, 5.74) is 7.77. The fourth-order valence-electron chi connectivity index (χ4n) is 5.43. The molecule has 17 nitrogen and oxygen atoms in total. The molecule has 0 amide bonds. The first-order valence-electron chi connectivity index (χ1n) is 15.3. The first-order chi connectivity index (χ1) is 23.7. The molecular weight excluding hydrogens is 636 g/mol. The number of aromatic carboxylic acids is 1. The molecule has 7 rings (SSSR count). The second-order valence-electron chi connectivity index (χ2n) is 11.1. The highest BCUT2D eigenvalue weighted by atomic mass is 16.6. The van der Waals surface area contributed by atoms with E-state index in [-0.39, 0.29) is 41.3 Å². The topological polar surface area (TPSA) is 244 Å². The van der Waals surface area contributed by atoms with Gasteiger partial charge in [-0.1, -0.05) is 60.7 Å². The maximum atomic E-state index is 10.8. The summed E-state index contributed by atoms with van der Waals surface area (Å²) in [4.78, 5) is 26.8. The number of tetrazole rings is 1. The van der Waals surface area contributed by atoms with Crippen molar-refractivity contribution in [2.75, 3.05) is 23.9 Å². The second kappa shape index (κ2) is 14.2. The van der Waals surface area contributed by atoms with Gasteiger partial charge in [0, 0.05) is 11.9 Å². The maximum absolute atomic E-state index is 10.8. The summed E-state index contributed by atoms with van der Waals surface area (Å²) in [5, 5.41) is 63.1. The molecule has 1 aliphatic heterocycles. The van der Waals surface area contributed by atoms with Crippen LogP contribution >= 0.6 is 0 Å². The van der Waals surface area contributed by atoms with Crippen LogP contribution in [0.25, 0.3) is 21.9 Å². The van der Waals surface area contributed by atoms with Gasteiger partial charge in [0.15, 0.2) is 23.8 Å². The number of aliphatic hydroxyl groups is 3. The quantitative estimate of drug-likeness (QED) is 0.120. The number of carbonyl (C=O) groups is 1. The molecule has 6 aromatic rings. The lowest BCUT2D eigenvalue weighted by Gasteiger charge is -2.21. The number of carboxylic acid groups (broad SMARTS) is 1. The summed E-state index contributed by atoms with van der Waals surface area (Å²) in [5.74, 6) is -0.817. The summed E-state index contributed by atoms with van der Waals surface area (Å²) < 4.78 is 7.41. The lowest BCUT2D eigenvalue weighted by Crippen LogP contribution is -2.30. The Hall–Kier alpha value is -5.75. The number of fused-ring (bicyclic) bond motifs is 2. The van der Waals surface area contributed by atoms with E-state index in [9.17, 15) is 25.2 Å². The molecule has 1 saturated heterocycles. The van der Waals surface area contributed by atoms with Crippen molar-refractivity contribution in [1.82, 2.24) is 39.7 Å². The number of ether oxygens (including phenoxy) is 1. The summed E-state index contributed by atoms with van der Waals surface area (Å²) in [6.45, 7) is 2.47. The van der Waals surface area contributed by atoms with Gasteiger partial charge in [0.2, 0.25) is 11.8 Å². The third kappa shape index (κ3) is 6.68. The molecule has 3 aromatic heterocycles. The van der Waals surface area contributed by atoms with Gasteiger partial charge in [0.25, 0.3) is 0 Å². The largest absolute Gasteiger partial charge is 0.506 e. The summed E-state index contributed by atoms with van der Waals surface area (Å²) in [6.07, 6.45) is -2.59. The number of carboxylic acids is 1. The standard InChI is InChI=1S/C21H26N10O4.C11H8O3/c1-2-31-27-18(26-28-31)16-14(33)15(34)20(35-16)30-10-23-13-17(22)24-21(25-19(13)30)29(11-32)9-8-12-6-4-3-5-7-12;12-10-8-4-2-1-3-7(8)5-6-9(10)11(13)14/h3-7,10,14-16,20,32-34H,2,8-9,11H2,1H3,(H2,22,24,25);1-6,12H,(H,13,14)/t14-,15+,16-,20+;/m0./s1. The Balaban J connectivity index is 0.000000248. The van der Waals surface area contributed by atoms with Crippen LogP contribution in [0.1, 0.15) is 41.0 Å². The number of hydrogen-bond donors (Lipinski definition) is 6. The number of aliphatic hydroxyl groups excluding tert-OH is 3. The first-order valence-corrected chi connectivity index (χ1v) is 15.3. The normalized spacial score (nSPS) is 18.8. The van der Waals surface area contributed by atoms with Crippen molar-refractivity contribution in [2.24, 2.45) is 0 Å². The number of nitrogens with zero attached hydrogens (tertiary/aromatic N) is 9. The van der Waals surface area contributed by atoms with Gasteiger partial charge in [0.05, 0.1) is 12.9 Å². The Bertz CT molecular complexity index is 2070. The van der Waals surface area contributed by atoms with Crippen LogP contribution in [-0.4, -0.2) is 96.7 Å². The van der Waals surface area contributed by atoms with E-state index >= 15 is 0 Å². The number of benzene rings is 3. The van der Waals surface area contributed by atoms with Crippen molar-refractivity contribution in [1.29, 1.82) is 0 Å². The molecular formula is C32H34N10O7. The highest BCUT2D eigenvalue weighted by molar-refractivity contribution is 6.00. The molecule has 0 unspecified atom stereocenters. The van der Waals surface area contributed by atoms with E-state index in [0.717, 1.165) is 10.9 Å². The lowest BCUT2D eigenvalue weighted by atomic mass is 10.1. The molecule has 0 saturated carbocycles. The van der Waals surface area contributed by atoms with E-state index in [1.165, 1.54) is 21.8 Å². The van der Waals surface area contributed by atoms with E-state index in [2.05, 4.69) is 30.4 Å². The van der Waals surface area contributed by atoms with Crippen molar-refractivity contribution in [3.05, 3.63) is 90.0 Å². The predicted octanol–water partition coefficient (Wildman–Crippen LogP) is 1.65. The van der Waals surface area contributed by atoms with E-state index in [0.29, 0.717) is 30.4 Å². The number of anilines is 2. The smallest absolute Gasteiger partial charge is 0.339 e. The van der Waals surface area contributed by atoms with Gasteiger partial charge in [0.1, 0.15) is 35.8 Å². The molecule has 0 radical (unpaired) electrons. The molecule has 49 heavy (non-hydrogen) atoms. The molecule has 4 atom stereocenters. The van der Waals surface area contributed by atoms with Crippen molar-refractivity contribution in [2.45, 2.75) is 44.4 Å². The molecule has 3 aromatic carbocycles. The predicted molar refractivity (Wildman–Crippen MR) is 175 cm³/mol. The molecule has 0 aliphatic carbocycles. The van der Waals surface area contributed by atoms with Crippen LogP contribution in [0.15, 0.2) is 73.1 Å². The molecule has 7 N–H and O–H groups in total. The van der Waals surface area contributed by atoms with Crippen molar-refractivity contribution >= 4 is 39.7 Å². The Morgan fingerprint density at radius 1 is 1.02 bits per heavy atom. The number of phenols is 1. The minimum atomic E-state index is -1.32. The number of aryl methyl sites for hydroxylation is 1. The summed E-state index contributed by atoms with van der Waals surface area (Å²) >= 11 is 0. The Kier molecular flexibility index (Phi) is 9.58. The molecule has 0 bridgehead atoms. The van der Waals surface area contributed by atoms with Gasteiger partial charge in [-0.2, -0.15) is 14.8 Å². The van der Waals surface area contributed by atoms with Gasteiger partial charge < -0.3 is 40.9 Å². The molecule has 4 heterocycles. The van der Waals surface area contributed by atoms with Gasteiger partial charge in [-0.3, -0.25) is 4.57 Å². The van der Waals surface area contributed by atoms with Crippen molar-refractivity contribution in [3.8, 4) is 5.75 Å². The monoisotopic (exact) mass is 670 g/mol. The SMILES string of the molecule is CCn1nnc([C@H]2O[C@@H](n3cnc4c(N)nc(N(CO)CCc5ccccc5)nc43)[C@H](O)[C@@H]2O)n1.O=C(O)c1ccc2ccccc2c1O. The van der Waals surface area contributed by atoms with Crippen LogP contribution in [0.3, 0.4) is 0 Å². The van der Waals surface area contributed by atoms with Gasteiger partial charge in [-0.05, 0) is 35.6 Å². The minimum Gasteiger partial charge on any atom is -0.506 e. The number of aromatic nitrogens is 8. The summed E-state index contributed by atoms with van der Waals surface area (Å²) in [6, 6.07) is 20.0. The molecule has 0 spiro atoms. The lowest BCUT2D eigenvalue weighted by molar-refractivity contribution is -0.0384. The van der Waals surface area contributed by atoms with Gasteiger partial charge in [-0.25, -0.2) is 9.78 Å². The number of rotatable bonds is 9. The first kappa shape index (κ1) is 33.2. The fourth-order valence-corrected chi connectivity index (χ4v) is 5.43. The number of aromatic hydroxyl groups is 1.